The van der Waals surface area contributed by atoms with Gasteiger partial charge in [0.2, 0.25) is 5.91 Å². The van der Waals surface area contributed by atoms with E-state index in [9.17, 15) is 13.2 Å². The molecule has 5 rings (SSSR count). The highest BCUT2D eigenvalue weighted by Gasteiger charge is 2.32. The fourth-order valence-corrected chi connectivity index (χ4v) is 7.76. The number of aromatic nitrogens is 1. The predicted molar refractivity (Wildman–Crippen MR) is 174 cm³/mol. The first-order valence-corrected chi connectivity index (χ1v) is 16.7. The molecule has 4 aromatic rings. The number of anilines is 2. The van der Waals surface area contributed by atoms with Crippen molar-refractivity contribution in [3.63, 3.8) is 0 Å². The van der Waals surface area contributed by atoms with Gasteiger partial charge in [0.15, 0.2) is 21.3 Å². The number of sulfone groups is 1. The molecule has 4 N–H and O–H groups in total. The molecular weight excluding hydrogens is 576 g/mol. The number of nitrogens with two attached hydrogens (primary N) is 1. The molecule has 232 valence electrons. The van der Waals surface area contributed by atoms with E-state index in [0.29, 0.717) is 53.6 Å². The summed E-state index contributed by atoms with van der Waals surface area (Å²) in [6.45, 7) is 6.25. The van der Waals surface area contributed by atoms with Gasteiger partial charge in [0.25, 0.3) is 0 Å². The molecule has 1 unspecified atom stereocenters. The molecule has 1 saturated carbocycles. The first-order chi connectivity index (χ1) is 21.2. The second-order valence-corrected chi connectivity index (χ2v) is 13.5. The first kappa shape index (κ1) is 31.1. The summed E-state index contributed by atoms with van der Waals surface area (Å²) in [7, 11) is -3.50. The van der Waals surface area contributed by atoms with Crippen molar-refractivity contribution in [1.82, 2.24) is 10.3 Å². The standard InChI is InChI=1S/C34H40N4O5S/c1-4-42-30-20-24(13-16-29(30)43-22(2)3)32(38-26-14-15-28-23(19-26)17-18-36-33(28)35)34(39)37-21-25-9-5-8-12-31(25)44(40,41)27-10-6-7-11-27/h5,8-9,12-20,22,27,32,38H,4,6-7,10-11,21H2,1-3H3,(H2,35,36)(H,37,39). The van der Waals surface area contributed by atoms with Gasteiger partial charge < -0.3 is 25.8 Å². The highest BCUT2D eigenvalue weighted by atomic mass is 32.2. The number of benzene rings is 3. The van der Waals surface area contributed by atoms with Crippen LogP contribution in [0.5, 0.6) is 11.5 Å². The van der Waals surface area contributed by atoms with Gasteiger partial charge in [-0.25, -0.2) is 13.4 Å². The Hall–Kier alpha value is -4.31. The molecule has 0 spiro atoms. The zero-order chi connectivity index (χ0) is 31.3. The monoisotopic (exact) mass is 616 g/mol. The highest BCUT2D eigenvalue weighted by molar-refractivity contribution is 7.92. The quantitative estimate of drug-likeness (QED) is 0.172. The van der Waals surface area contributed by atoms with Crippen molar-refractivity contribution in [1.29, 1.82) is 0 Å². The Kier molecular flexibility index (Phi) is 9.58. The number of hydrogen-bond donors (Lipinski definition) is 3. The molecule has 44 heavy (non-hydrogen) atoms. The van der Waals surface area contributed by atoms with Gasteiger partial charge in [0, 0.05) is 23.8 Å². The molecule has 0 saturated heterocycles. The number of carbonyl (C=O) groups excluding carboxylic acids is 1. The van der Waals surface area contributed by atoms with Crippen LogP contribution in [-0.2, 0) is 21.2 Å². The van der Waals surface area contributed by atoms with E-state index in [1.54, 1.807) is 42.6 Å². The summed E-state index contributed by atoms with van der Waals surface area (Å²) in [5, 5.41) is 7.68. The van der Waals surface area contributed by atoms with Gasteiger partial charge in [0.1, 0.15) is 11.9 Å². The average molecular weight is 617 g/mol. The van der Waals surface area contributed by atoms with E-state index in [1.807, 2.05) is 51.1 Å². The van der Waals surface area contributed by atoms with Crippen LogP contribution in [0.15, 0.2) is 77.8 Å². The lowest BCUT2D eigenvalue weighted by Gasteiger charge is -2.23. The molecule has 1 aliphatic rings. The number of fused-ring (bicyclic) bond motifs is 1. The summed E-state index contributed by atoms with van der Waals surface area (Å²) in [6.07, 6.45) is 4.75. The van der Waals surface area contributed by atoms with Crippen molar-refractivity contribution in [2.45, 2.75) is 75.3 Å². The highest BCUT2D eigenvalue weighted by Crippen LogP contribution is 2.34. The van der Waals surface area contributed by atoms with Gasteiger partial charge in [-0.1, -0.05) is 37.1 Å². The van der Waals surface area contributed by atoms with E-state index in [-0.39, 0.29) is 28.7 Å². The number of nitrogens with one attached hydrogen (secondary N) is 2. The summed E-state index contributed by atoms with van der Waals surface area (Å²) in [5.41, 5.74) is 7.98. The Morgan fingerprint density at radius 1 is 1.02 bits per heavy atom. The van der Waals surface area contributed by atoms with Crippen LogP contribution in [-0.4, -0.2) is 37.3 Å². The van der Waals surface area contributed by atoms with Gasteiger partial charge in [0.05, 0.1) is 22.9 Å². The molecule has 0 radical (unpaired) electrons. The van der Waals surface area contributed by atoms with Crippen LogP contribution in [0.25, 0.3) is 10.8 Å². The van der Waals surface area contributed by atoms with E-state index in [4.69, 9.17) is 15.2 Å². The molecule has 1 atom stereocenters. The lowest BCUT2D eigenvalue weighted by molar-refractivity contribution is -0.122. The predicted octanol–water partition coefficient (Wildman–Crippen LogP) is 6.19. The Morgan fingerprint density at radius 2 is 1.80 bits per heavy atom. The van der Waals surface area contributed by atoms with Gasteiger partial charge in [-0.15, -0.1) is 0 Å². The maximum Gasteiger partial charge on any atom is 0.247 e. The molecule has 1 heterocycles. The number of rotatable bonds is 12. The molecule has 10 heteroatoms. The molecule has 0 bridgehead atoms. The molecule has 3 aromatic carbocycles. The van der Waals surface area contributed by atoms with Crippen molar-refractivity contribution in [3.8, 4) is 11.5 Å². The van der Waals surface area contributed by atoms with Crippen LogP contribution in [0.2, 0.25) is 0 Å². The largest absolute Gasteiger partial charge is 0.490 e. The van der Waals surface area contributed by atoms with E-state index >= 15 is 0 Å². The number of hydrogen-bond acceptors (Lipinski definition) is 8. The summed E-state index contributed by atoms with van der Waals surface area (Å²) < 4.78 is 38.8. The minimum atomic E-state index is -3.50. The van der Waals surface area contributed by atoms with Crippen molar-refractivity contribution >= 4 is 38.0 Å². The number of nitrogen functional groups attached to an aromatic ring is 1. The van der Waals surface area contributed by atoms with Crippen LogP contribution in [0.4, 0.5) is 11.5 Å². The number of nitrogens with zero attached hydrogens (tertiary/aromatic N) is 1. The van der Waals surface area contributed by atoms with Crippen LogP contribution in [0, 0.1) is 0 Å². The van der Waals surface area contributed by atoms with E-state index in [2.05, 4.69) is 15.6 Å². The molecule has 9 nitrogen and oxygen atoms in total. The Labute approximate surface area is 259 Å². The van der Waals surface area contributed by atoms with E-state index < -0.39 is 15.9 Å². The van der Waals surface area contributed by atoms with Crippen LogP contribution in [0.1, 0.15) is 63.6 Å². The van der Waals surface area contributed by atoms with Crippen molar-refractivity contribution in [2.24, 2.45) is 0 Å². The number of ether oxygens (including phenoxy) is 2. The average Bonchev–Trinajstić information content (AvgIpc) is 3.56. The molecule has 0 aliphatic heterocycles. The van der Waals surface area contributed by atoms with Crippen LogP contribution in [0.3, 0.4) is 0 Å². The van der Waals surface area contributed by atoms with Crippen LogP contribution >= 0.6 is 0 Å². The Morgan fingerprint density at radius 3 is 2.55 bits per heavy atom. The molecule has 1 aliphatic carbocycles. The SMILES string of the molecule is CCOc1cc(C(Nc2ccc3c(N)nccc3c2)C(=O)NCc2ccccc2S(=O)(=O)C2CCCC2)ccc1OC(C)C. The minimum Gasteiger partial charge on any atom is -0.490 e. The molecular formula is C34H40N4O5S. The van der Waals surface area contributed by atoms with Crippen molar-refractivity contribution in [2.75, 3.05) is 17.7 Å². The third kappa shape index (κ3) is 6.91. The Balaban J connectivity index is 1.46. The second kappa shape index (κ2) is 13.5. The molecule has 1 amide bonds. The third-order valence-electron chi connectivity index (χ3n) is 7.81. The minimum absolute atomic E-state index is 0.0580. The fraction of sp³-hybridized carbons (Fsp3) is 0.353. The lowest BCUT2D eigenvalue weighted by Crippen LogP contribution is -2.33. The zero-order valence-corrected chi connectivity index (χ0v) is 26.2. The maximum absolute atomic E-state index is 14.0. The van der Waals surface area contributed by atoms with E-state index in [0.717, 1.165) is 23.6 Å². The lowest BCUT2D eigenvalue weighted by atomic mass is 10.0. The fourth-order valence-electron chi connectivity index (χ4n) is 5.67. The molecule has 1 fully saturated rings. The van der Waals surface area contributed by atoms with E-state index in [1.165, 1.54) is 0 Å². The summed E-state index contributed by atoms with van der Waals surface area (Å²) in [4.78, 5) is 18.4. The summed E-state index contributed by atoms with van der Waals surface area (Å²) in [5.74, 6) is 1.22. The second-order valence-electron chi connectivity index (χ2n) is 11.3. The normalized spacial score (nSPS) is 14.5. The topological polar surface area (TPSA) is 133 Å². The third-order valence-corrected chi connectivity index (χ3v) is 10.2. The number of amides is 1. The van der Waals surface area contributed by atoms with Crippen molar-refractivity contribution < 1.29 is 22.7 Å². The smallest absolute Gasteiger partial charge is 0.247 e. The van der Waals surface area contributed by atoms with Gasteiger partial charge in [-0.3, -0.25) is 4.79 Å². The van der Waals surface area contributed by atoms with Crippen molar-refractivity contribution in [3.05, 3.63) is 84.1 Å². The first-order valence-electron chi connectivity index (χ1n) is 15.1. The zero-order valence-electron chi connectivity index (χ0n) is 25.4. The molecule has 1 aromatic heterocycles. The number of pyridine rings is 1. The maximum atomic E-state index is 14.0. The Bertz CT molecular complexity index is 1740. The van der Waals surface area contributed by atoms with Gasteiger partial charge in [-0.05, 0) is 92.6 Å². The van der Waals surface area contributed by atoms with Crippen LogP contribution < -0.4 is 25.8 Å². The number of carbonyl (C=O) groups is 1. The van der Waals surface area contributed by atoms with Gasteiger partial charge >= 0.3 is 0 Å². The summed E-state index contributed by atoms with van der Waals surface area (Å²) in [6, 6.07) is 19.0. The summed E-state index contributed by atoms with van der Waals surface area (Å²) >= 11 is 0. The van der Waals surface area contributed by atoms with Gasteiger partial charge in [-0.2, -0.15) is 0 Å².